The smallest absolute Gasteiger partial charge is 0.340 e. The summed E-state index contributed by atoms with van der Waals surface area (Å²) in [5.74, 6) is -2.54. The summed E-state index contributed by atoms with van der Waals surface area (Å²) in [6.45, 7) is 0.686. The van der Waals surface area contributed by atoms with Gasteiger partial charge < -0.3 is 19.5 Å². The molecule has 0 unspecified atom stereocenters. The number of hydrogen-bond donors (Lipinski definition) is 1. The Bertz CT molecular complexity index is 705. The summed E-state index contributed by atoms with van der Waals surface area (Å²) in [6, 6.07) is 0. The molecule has 1 aromatic rings. The van der Waals surface area contributed by atoms with Gasteiger partial charge in [-0.3, -0.25) is 9.59 Å². The van der Waals surface area contributed by atoms with E-state index in [0.717, 1.165) is 0 Å². The van der Waals surface area contributed by atoms with Gasteiger partial charge in [-0.25, -0.2) is 9.59 Å². The topological polar surface area (TPSA) is 108 Å². The zero-order valence-corrected chi connectivity index (χ0v) is 19.7. The van der Waals surface area contributed by atoms with E-state index in [2.05, 4.69) is 10.1 Å². The van der Waals surface area contributed by atoms with E-state index in [1.54, 1.807) is 0 Å². The molecule has 1 aromatic carbocycles. The quantitative estimate of drug-likeness (QED) is 0.288. The van der Waals surface area contributed by atoms with Crippen LogP contribution in [0.5, 0.6) is 0 Å². The summed E-state index contributed by atoms with van der Waals surface area (Å²) >= 11 is 5.60. The number of hydrogen-bond acceptors (Lipinski definition) is 7. The van der Waals surface area contributed by atoms with Crippen LogP contribution < -0.4 is 5.32 Å². The Hall–Kier alpha value is -0.710. The number of nitrogens with one attached hydrogen (secondary N) is 1. The number of carbonyl (C=O) groups is 4. The maximum Gasteiger partial charge on any atom is 0.340 e. The third-order valence-electron chi connectivity index (χ3n) is 2.77. The number of halogens is 3. The zero-order valence-electron chi connectivity index (χ0n) is 13.2. The number of amides is 1. The van der Waals surface area contributed by atoms with Gasteiger partial charge in [0.05, 0.1) is 38.2 Å². The monoisotopic (exact) mass is 687 g/mol. The third-order valence-corrected chi connectivity index (χ3v) is 6.00. The van der Waals surface area contributed by atoms with Crippen LogP contribution in [0, 0.1) is 10.7 Å². The second-order valence-electron chi connectivity index (χ2n) is 4.38. The van der Waals surface area contributed by atoms with E-state index in [4.69, 9.17) is 9.47 Å². The van der Waals surface area contributed by atoms with Crippen molar-refractivity contribution in [3.05, 3.63) is 21.8 Å². The average molecular weight is 687 g/mol. The SMILES string of the molecule is COC(=O)c1c(I)c(NC(=O)COC(C)=O)c(I)c(C(=O)OC)c1I. The lowest BCUT2D eigenvalue weighted by Crippen LogP contribution is -2.24. The Kier molecular flexibility index (Phi) is 8.79. The predicted molar refractivity (Wildman–Crippen MR) is 113 cm³/mol. The highest BCUT2D eigenvalue weighted by molar-refractivity contribution is 14.1. The van der Waals surface area contributed by atoms with Crippen molar-refractivity contribution in [1.29, 1.82) is 0 Å². The zero-order chi connectivity index (χ0) is 19.3. The molecule has 0 aromatic heterocycles. The second kappa shape index (κ2) is 9.84. The Morgan fingerprint density at radius 2 is 1.32 bits per heavy atom. The normalized spacial score (nSPS) is 10.0. The molecule has 0 radical (unpaired) electrons. The first-order valence-corrected chi connectivity index (χ1v) is 9.69. The van der Waals surface area contributed by atoms with Gasteiger partial charge in [0.1, 0.15) is 0 Å². The van der Waals surface area contributed by atoms with Crippen LogP contribution in [0.2, 0.25) is 0 Å². The number of anilines is 1. The maximum absolute atomic E-state index is 12.1. The van der Waals surface area contributed by atoms with Crippen molar-refractivity contribution in [3.8, 4) is 0 Å². The summed E-state index contributed by atoms with van der Waals surface area (Å²) in [5.41, 5.74) is 0.499. The summed E-state index contributed by atoms with van der Waals surface area (Å²) in [7, 11) is 2.42. The second-order valence-corrected chi connectivity index (χ2v) is 7.61. The lowest BCUT2D eigenvalue weighted by molar-refractivity contribution is -0.144. The van der Waals surface area contributed by atoms with Gasteiger partial charge in [0.2, 0.25) is 0 Å². The molecule has 0 aliphatic heterocycles. The van der Waals surface area contributed by atoms with Crippen molar-refractivity contribution < 1.29 is 33.4 Å². The molecule has 0 aliphatic carbocycles. The molecule has 0 spiro atoms. The molecular weight excluding hydrogens is 675 g/mol. The van der Waals surface area contributed by atoms with Gasteiger partial charge >= 0.3 is 17.9 Å². The highest BCUT2D eigenvalue weighted by Gasteiger charge is 2.29. The fourth-order valence-electron chi connectivity index (χ4n) is 1.68. The van der Waals surface area contributed by atoms with E-state index >= 15 is 0 Å². The van der Waals surface area contributed by atoms with Crippen molar-refractivity contribution in [2.75, 3.05) is 26.1 Å². The molecule has 11 heteroatoms. The third kappa shape index (κ3) is 5.38. The van der Waals surface area contributed by atoms with Crippen molar-refractivity contribution in [1.82, 2.24) is 0 Å². The maximum atomic E-state index is 12.1. The number of rotatable bonds is 5. The van der Waals surface area contributed by atoms with Gasteiger partial charge in [-0.05, 0) is 67.8 Å². The molecule has 0 saturated carbocycles. The minimum absolute atomic E-state index is 0.132. The van der Waals surface area contributed by atoms with Crippen LogP contribution in [-0.4, -0.2) is 44.6 Å². The summed E-state index contributed by atoms with van der Waals surface area (Å²) < 4.78 is 15.3. The van der Waals surface area contributed by atoms with Crippen LogP contribution >= 0.6 is 67.8 Å². The predicted octanol–water partition coefficient (Wildman–Crippen LogP) is 2.58. The molecule has 1 amide bonds. The highest BCUT2D eigenvalue weighted by atomic mass is 127. The molecule has 0 atom stereocenters. The van der Waals surface area contributed by atoms with Gasteiger partial charge in [0, 0.05) is 10.5 Å². The number of ether oxygens (including phenoxy) is 3. The van der Waals surface area contributed by atoms with Crippen LogP contribution in [0.15, 0.2) is 0 Å². The lowest BCUT2D eigenvalue weighted by Gasteiger charge is -2.17. The fourth-order valence-corrected chi connectivity index (χ4v) is 6.00. The van der Waals surface area contributed by atoms with Gasteiger partial charge in [-0.1, -0.05) is 0 Å². The Balaban J connectivity index is 3.50. The molecule has 8 nitrogen and oxygen atoms in total. The molecule has 0 saturated heterocycles. The molecule has 25 heavy (non-hydrogen) atoms. The first-order chi connectivity index (χ1) is 11.6. The molecular formula is C14H12I3NO7. The number of carbonyl (C=O) groups excluding carboxylic acids is 4. The van der Waals surface area contributed by atoms with Crippen LogP contribution in [-0.2, 0) is 23.8 Å². The summed E-state index contributed by atoms with van der Waals surface area (Å²) in [5, 5.41) is 2.55. The summed E-state index contributed by atoms with van der Waals surface area (Å²) in [6.07, 6.45) is 0. The minimum atomic E-state index is -0.661. The highest BCUT2D eigenvalue weighted by Crippen LogP contribution is 2.36. The van der Waals surface area contributed by atoms with E-state index in [9.17, 15) is 19.2 Å². The van der Waals surface area contributed by atoms with Crippen LogP contribution in [0.1, 0.15) is 27.6 Å². The van der Waals surface area contributed by atoms with Crippen molar-refractivity contribution in [3.63, 3.8) is 0 Å². The molecule has 0 heterocycles. The van der Waals surface area contributed by atoms with Gasteiger partial charge in [0.15, 0.2) is 6.61 Å². The van der Waals surface area contributed by atoms with E-state index < -0.39 is 30.4 Å². The van der Waals surface area contributed by atoms with Gasteiger partial charge in [-0.2, -0.15) is 0 Å². The van der Waals surface area contributed by atoms with Gasteiger partial charge in [0.25, 0.3) is 5.91 Å². The Morgan fingerprint density at radius 1 is 0.880 bits per heavy atom. The van der Waals surface area contributed by atoms with E-state index in [1.807, 2.05) is 67.8 Å². The number of methoxy groups -OCH3 is 2. The lowest BCUT2D eigenvalue weighted by atomic mass is 10.1. The molecule has 0 fully saturated rings. The molecule has 1 rings (SSSR count). The van der Waals surface area contributed by atoms with E-state index in [0.29, 0.717) is 10.7 Å². The average Bonchev–Trinajstić information content (AvgIpc) is 2.56. The fraction of sp³-hybridized carbons (Fsp3) is 0.286. The Labute approximate surface area is 184 Å². The van der Waals surface area contributed by atoms with Gasteiger partial charge in [-0.15, -0.1) is 0 Å². The van der Waals surface area contributed by atoms with Crippen molar-refractivity contribution in [2.45, 2.75) is 6.92 Å². The first kappa shape index (κ1) is 22.3. The van der Waals surface area contributed by atoms with Crippen molar-refractivity contribution >= 4 is 97.3 Å². The molecule has 0 bridgehead atoms. The van der Waals surface area contributed by atoms with Crippen LogP contribution in [0.4, 0.5) is 5.69 Å². The number of esters is 3. The van der Waals surface area contributed by atoms with Crippen molar-refractivity contribution in [2.24, 2.45) is 0 Å². The number of benzene rings is 1. The van der Waals surface area contributed by atoms with E-state index in [1.165, 1.54) is 21.1 Å². The van der Waals surface area contributed by atoms with Crippen LogP contribution in [0.25, 0.3) is 0 Å². The molecule has 1 N–H and O–H groups in total. The largest absolute Gasteiger partial charge is 0.465 e. The standard InChI is InChI=1S/C14H12I3NO7/c1-5(19)25-4-6(20)18-12-10(16)7(13(21)23-2)9(15)8(11(12)17)14(22)24-3/h4H2,1-3H3,(H,18,20). The molecule has 0 aliphatic rings. The van der Waals surface area contributed by atoms with E-state index in [-0.39, 0.29) is 16.8 Å². The minimum Gasteiger partial charge on any atom is -0.465 e. The Morgan fingerprint density at radius 3 is 1.68 bits per heavy atom. The summed E-state index contributed by atoms with van der Waals surface area (Å²) in [4.78, 5) is 47.0. The molecule has 136 valence electrons. The van der Waals surface area contributed by atoms with Crippen LogP contribution in [0.3, 0.4) is 0 Å². The first-order valence-electron chi connectivity index (χ1n) is 6.45.